The lowest BCUT2D eigenvalue weighted by atomic mass is 10.0. The van der Waals surface area contributed by atoms with Gasteiger partial charge in [-0.3, -0.25) is 4.79 Å². The molecule has 214 valence electrons. The van der Waals surface area contributed by atoms with Gasteiger partial charge in [0.25, 0.3) is 11.8 Å². The summed E-state index contributed by atoms with van der Waals surface area (Å²) in [5, 5.41) is 11.3. The Bertz CT molecular complexity index is 1850. The first-order valence-electron chi connectivity index (χ1n) is 13.4. The van der Waals surface area contributed by atoms with Crippen LogP contribution in [0.4, 0.5) is 24.8 Å². The Morgan fingerprint density at radius 2 is 1.79 bits per heavy atom. The predicted molar refractivity (Wildman–Crippen MR) is 148 cm³/mol. The summed E-state index contributed by atoms with van der Waals surface area (Å²) >= 11 is 0. The minimum Gasteiger partial charge on any atom is -0.339 e. The van der Waals surface area contributed by atoms with E-state index in [0.29, 0.717) is 46.0 Å². The van der Waals surface area contributed by atoms with Crippen LogP contribution >= 0.6 is 0 Å². The van der Waals surface area contributed by atoms with Gasteiger partial charge in [-0.05, 0) is 56.5 Å². The molecule has 0 spiro atoms. The second kappa shape index (κ2) is 9.36. The molecular formula is C29H25F3N8O2. The monoisotopic (exact) mass is 574 g/mol. The zero-order chi connectivity index (χ0) is 29.3. The van der Waals surface area contributed by atoms with Crippen LogP contribution in [0.3, 0.4) is 0 Å². The van der Waals surface area contributed by atoms with E-state index in [0.717, 1.165) is 16.7 Å². The molecule has 1 amide bonds. The number of nitrogens with zero attached hydrogens (tertiary/aromatic N) is 7. The molecule has 0 unspecified atom stereocenters. The number of aryl methyl sites for hydroxylation is 3. The Hall–Kier alpha value is -4.81. The molecule has 1 aromatic carbocycles. The summed E-state index contributed by atoms with van der Waals surface area (Å²) in [6.07, 6.45) is 2.67. The number of alkyl halides is 3. The van der Waals surface area contributed by atoms with Gasteiger partial charge in [-0.1, -0.05) is 17.3 Å². The summed E-state index contributed by atoms with van der Waals surface area (Å²) in [5.74, 6) is -2.56. The molecule has 0 radical (unpaired) electrons. The van der Waals surface area contributed by atoms with Crippen molar-refractivity contribution in [2.24, 2.45) is 0 Å². The highest BCUT2D eigenvalue weighted by Gasteiger charge is 2.45. The number of anilines is 2. The van der Waals surface area contributed by atoms with Crippen molar-refractivity contribution in [3.63, 3.8) is 0 Å². The zero-order valence-corrected chi connectivity index (χ0v) is 22.9. The van der Waals surface area contributed by atoms with Crippen molar-refractivity contribution < 1.29 is 22.5 Å². The molecule has 5 heterocycles. The molecular weight excluding hydrogens is 549 g/mol. The number of benzene rings is 1. The highest BCUT2D eigenvalue weighted by molar-refractivity contribution is 6.09. The summed E-state index contributed by atoms with van der Waals surface area (Å²) in [6.45, 7) is 4.68. The second-order valence-corrected chi connectivity index (χ2v) is 10.9. The number of amides is 1. The third-order valence-corrected chi connectivity index (χ3v) is 7.66. The fourth-order valence-corrected chi connectivity index (χ4v) is 5.23. The van der Waals surface area contributed by atoms with E-state index in [1.54, 1.807) is 16.8 Å². The van der Waals surface area contributed by atoms with Gasteiger partial charge < -0.3 is 14.7 Å². The summed E-state index contributed by atoms with van der Waals surface area (Å²) < 4.78 is 47.0. The Labute approximate surface area is 237 Å². The number of hydrogen-bond donors (Lipinski definition) is 1. The third kappa shape index (κ3) is 4.54. The highest BCUT2D eigenvalue weighted by atomic mass is 19.3. The van der Waals surface area contributed by atoms with Crippen molar-refractivity contribution in [3.8, 4) is 22.5 Å². The average molecular weight is 575 g/mol. The van der Waals surface area contributed by atoms with Gasteiger partial charge in [-0.25, -0.2) is 27.7 Å². The van der Waals surface area contributed by atoms with Crippen LogP contribution in [0.2, 0.25) is 0 Å². The van der Waals surface area contributed by atoms with Gasteiger partial charge in [-0.2, -0.15) is 10.1 Å². The van der Waals surface area contributed by atoms with Gasteiger partial charge in [0.05, 0.1) is 47.7 Å². The van der Waals surface area contributed by atoms with Crippen LogP contribution in [0.15, 0.2) is 47.2 Å². The van der Waals surface area contributed by atoms with Crippen LogP contribution in [0.25, 0.3) is 28.0 Å². The van der Waals surface area contributed by atoms with E-state index in [1.807, 2.05) is 45.0 Å². The van der Waals surface area contributed by atoms with E-state index in [4.69, 9.17) is 4.52 Å². The second-order valence-electron chi connectivity index (χ2n) is 10.9. The standard InChI is InChI=1S/C29H25F3N8O2/c1-14-4-5-18(25-37-27(42-38-25)19-10-21(19)30)8-22(14)36-26(41)20-11-33-40-7-6-17(9-23(20)40)24-15(2)34-28(35-16(24)3)39-12-29(31,32)13-39/h4-9,11,19,21H,10,12-13H2,1-3H3,(H,36,41)/t19-,21-/m0/s1. The van der Waals surface area contributed by atoms with Gasteiger partial charge in [-0.15, -0.1) is 0 Å². The number of aromatic nitrogens is 6. The summed E-state index contributed by atoms with van der Waals surface area (Å²) in [5.41, 5.74) is 5.73. The van der Waals surface area contributed by atoms with E-state index in [2.05, 4.69) is 30.5 Å². The van der Waals surface area contributed by atoms with Crippen LogP contribution in [0, 0.1) is 20.8 Å². The molecule has 7 rings (SSSR count). The van der Waals surface area contributed by atoms with Crippen molar-refractivity contribution in [1.29, 1.82) is 0 Å². The first-order chi connectivity index (χ1) is 20.1. The number of hydrogen-bond acceptors (Lipinski definition) is 8. The number of halogens is 3. The molecule has 2 aliphatic rings. The van der Waals surface area contributed by atoms with E-state index < -0.39 is 25.2 Å². The molecule has 0 bridgehead atoms. The fraction of sp³-hybridized carbons (Fsp3) is 0.310. The molecule has 5 aromatic rings. The minimum absolute atomic E-state index is 0.276. The predicted octanol–water partition coefficient (Wildman–Crippen LogP) is 5.30. The maximum atomic E-state index is 13.5. The summed E-state index contributed by atoms with van der Waals surface area (Å²) in [4.78, 5) is 28.2. The third-order valence-electron chi connectivity index (χ3n) is 7.66. The fourth-order valence-electron chi connectivity index (χ4n) is 5.23. The van der Waals surface area contributed by atoms with E-state index in [1.165, 1.54) is 11.1 Å². The SMILES string of the molecule is Cc1ccc(-c2noc([C@H]3C[C@@H]3F)n2)cc1NC(=O)c1cnn2ccc(-c3c(C)nc(N4CC(F)(F)C4)nc3C)cc12. The van der Waals surface area contributed by atoms with Crippen molar-refractivity contribution in [1.82, 2.24) is 29.7 Å². The summed E-state index contributed by atoms with van der Waals surface area (Å²) in [6, 6.07) is 9.07. The number of rotatable bonds is 6. The average Bonchev–Trinajstić information content (AvgIpc) is 3.30. The maximum absolute atomic E-state index is 13.5. The lowest BCUT2D eigenvalue weighted by molar-refractivity contribution is -0.0272. The quantitative estimate of drug-likeness (QED) is 0.291. The van der Waals surface area contributed by atoms with Gasteiger partial charge in [0.2, 0.25) is 17.7 Å². The van der Waals surface area contributed by atoms with Gasteiger partial charge in [0.15, 0.2) is 0 Å². The van der Waals surface area contributed by atoms with E-state index >= 15 is 0 Å². The van der Waals surface area contributed by atoms with Gasteiger partial charge >= 0.3 is 0 Å². The topological polar surface area (TPSA) is 114 Å². The smallest absolute Gasteiger partial charge is 0.282 e. The number of carbonyl (C=O) groups excluding carboxylic acids is 1. The molecule has 4 aromatic heterocycles. The lowest BCUT2D eigenvalue weighted by Gasteiger charge is -2.38. The number of pyridine rings is 1. The van der Waals surface area contributed by atoms with Crippen LogP contribution in [0.1, 0.15) is 45.5 Å². The van der Waals surface area contributed by atoms with Crippen molar-refractivity contribution in [3.05, 3.63) is 71.1 Å². The molecule has 2 fully saturated rings. The number of fused-ring (bicyclic) bond motifs is 1. The molecule has 2 atom stereocenters. The Morgan fingerprint density at radius 3 is 2.48 bits per heavy atom. The van der Waals surface area contributed by atoms with Crippen molar-refractivity contribution in [2.75, 3.05) is 23.3 Å². The Morgan fingerprint density at radius 1 is 1.05 bits per heavy atom. The summed E-state index contributed by atoms with van der Waals surface area (Å²) in [7, 11) is 0. The molecule has 1 saturated carbocycles. The van der Waals surface area contributed by atoms with Crippen LogP contribution in [-0.4, -0.2) is 60.8 Å². The normalized spacial score (nSPS) is 19.1. The Kier molecular flexibility index (Phi) is 5.82. The highest BCUT2D eigenvalue weighted by Crippen LogP contribution is 2.43. The van der Waals surface area contributed by atoms with Crippen molar-refractivity contribution in [2.45, 2.75) is 45.2 Å². The zero-order valence-electron chi connectivity index (χ0n) is 22.9. The number of nitrogens with one attached hydrogen (secondary N) is 1. The van der Waals surface area contributed by atoms with E-state index in [9.17, 15) is 18.0 Å². The molecule has 1 aliphatic carbocycles. The van der Waals surface area contributed by atoms with Gasteiger partial charge in [0, 0.05) is 23.0 Å². The Balaban J connectivity index is 1.16. The molecule has 13 heteroatoms. The maximum Gasteiger partial charge on any atom is 0.282 e. The number of carbonyl (C=O) groups is 1. The van der Waals surface area contributed by atoms with Crippen LogP contribution in [0.5, 0.6) is 0 Å². The first-order valence-corrected chi connectivity index (χ1v) is 13.4. The van der Waals surface area contributed by atoms with Crippen LogP contribution < -0.4 is 10.2 Å². The molecule has 1 N–H and O–H groups in total. The molecule has 42 heavy (non-hydrogen) atoms. The molecule has 1 saturated heterocycles. The molecule has 10 nitrogen and oxygen atoms in total. The van der Waals surface area contributed by atoms with Crippen molar-refractivity contribution >= 4 is 23.1 Å². The largest absolute Gasteiger partial charge is 0.339 e. The van der Waals surface area contributed by atoms with E-state index in [-0.39, 0.29) is 23.7 Å². The minimum atomic E-state index is -2.72. The van der Waals surface area contributed by atoms with Gasteiger partial charge in [0.1, 0.15) is 6.17 Å². The molecule has 1 aliphatic heterocycles. The first kappa shape index (κ1) is 26.1. The van der Waals surface area contributed by atoms with Crippen LogP contribution in [-0.2, 0) is 0 Å². The lowest BCUT2D eigenvalue weighted by Crippen LogP contribution is -2.57.